The van der Waals surface area contributed by atoms with Gasteiger partial charge < -0.3 is 10.6 Å². The molecule has 102 valence electrons. The zero-order valence-corrected chi connectivity index (χ0v) is 11.4. The molecule has 0 atom stereocenters. The molecule has 0 aromatic heterocycles. The standard InChI is InChI=1S/C17H12N2O2/c1-9-6-7-11-13(8-9)19-15(17(11)21)14-16(20)10-4-2-3-5-12(10)18-14/h2-8,18-19H,1H3/b15-14+. The fourth-order valence-corrected chi connectivity index (χ4v) is 2.75. The molecule has 0 saturated heterocycles. The van der Waals surface area contributed by atoms with E-state index >= 15 is 0 Å². The molecule has 4 nitrogen and oxygen atoms in total. The second kappa shape index (κ2) is 4.06. The fourth-order valence-electron chi connectivity index (χ4n) is 2.75. The zero-order valence-electron chi connectivity index (χ0n) is 11.4. The van der Waals surface area contributed by atoms with E-state index in [-0.39, 0.29) is 11.6 Å². The number of rotatable bonds is 0. The van der Waals surface area contributed by atoms with Gasteiger partial charge in [-0.05, 0) is 36.8 Å². The van der Waals surface area contributed by atoms with Crippen molar-refractivity contribution in [2.75, 3.05) is 10.6 Å². The van der Waals surface area contributed by atoms with E-state index in [9.17, 15) is 9.59 Å². The van der Waals surface area contributed by atoms with Crippen LogP contribution < -0.4 is 10.6 Å². The van der Waals surface area contributed by atoms with Gasteiger partial charge in [-0.25, -0.2) is 0 Å². The van der Waals surface area contributed by atoms with Crippen molar-refractivity contribution in [3.05, 3.63) is 70.5 Å². The van der Waals surface area contributed by atoms with Crippen LogP contribution in [0.25, 0.3) is 0 Å². The molecule has 0 amide bonds. The number of ketones is 2. The highest BCUT2D eigenvalue weighted by Crippen LogP contribution is 2.35. The smallest absolute Gasteiger partial charge is 0.213 e. The number of carbonyl (C=O) groups is 2. The average Bonchev–Trinajstić information content (AvgIpc) is 2.97. The Balaban J connectivity index is 1.83. The minimum Gasteiger partial charge on any atom is -0.350 e. The van der Waals surface area contributed by atoms with Gasteiger partial charge in [-0.15, -0.1) is 0 Å². The Bertz CT molecular complexity index is 850. The molecule has 2 heterocycles. The number of hydrogen-bond acceptors (Lipinski definition) is 4. The zero-order chi connectivity index (χ0) is 14.6. The van der Waals surface area contributed by atoms with E-state index < -0.39 is 0 Å². The largest absolute Gasteiger partial charge is 0.350 e. The van der Waals surface area contributed by atoms with Crippen molar-refractivity contribution in [3.8, 4) is 0 Å². The lowest BCUT2D eigenvalue weighted by molar-refractivity contribution is 0.101. The van der Waals surface area contributed by atoms with Crippen molar-refractivity contribution in [2.45, 2.75) is 6.92 Å². The summed E-state index contributed by atoms with van der Waals surface area (Å²) in [6, 6.07) is 12.9. The molecule has 0 spiro atoms. The van der Waals surface area contributed by atoms with Crippen LogP contribution in [0.3, 0.4) is 0 Å². The van der Waals surface area contributed by atoms with Gasteiger partial charge in [0.1, 0.15) is 11.4 Å². The van der Waals surface area contributed by atoms with E-state index in [0.717, 1.165) is 16.9 Å². The Morgan fingerprint density at radius 1 is 0.762 bits per heavy atom. The first kappa shape index (κ1) is 11.9. The number of anilines is 2. The van der Waals surface area contributed by atoms with Gasteiger partial charge in [-0.1, -0.05) is 18.2 Å². The van der Waals surface area contributed by atoms with Crippen LogP contribution in [0.1, 0.15) is 26.3 Å². The summed E-state index contributed by atoms with van der Waals surface area (Å²) >= 11 is 0. The molecule has 0 aliphatic carbocycles. The average molecular weight is 276 g/mol. The highest BCUT2D eigenvalue weighted by atomic mass is 16.1. The van der Waals surface area contributed by atoms with Gasteiger partial charge in [0.05, 0.1) is 5.69 Å². The molecule has 2 N–H and O–H groups in total. The maximum atomic E-state index is 12.5. The highest BCUT2D eigenvalue weighted by Gasteiger charge is 2.34. The molecule has 0 bridgehead atoms. The first-order valence-electron chi connectivity index (χ1n) is 6.72. The van der Waals surface area contributed by atoms with Gasteiger partial charge in [-0.2, -0.15) is 0 Å². The summed E-state index contributed by atoms with van der Waals surface area (Å²) in [7, 11) is 0. The monoisotopic (exact) mass is 276 g/mol. The summed E-state index contributed by atoms with van der Waals surface area (Å²) in [5.41, 5.74) is 4.43. The van der Waals surface area contributed by atoms with E-state index in [0.29, 0.717) is 22.5 Å². The van der Waals surface area contributed by atoms with Crippen molar-refractivity contribution >= 4 is 22.9 Å². The van der Waals surface area contributed by atoms with Gasteiger partial charge in [0, 0.05) is 16.8 Å². The van der Waals surface area contributed by atoms with Crippen molar-refractivity contribution in [1.82, 2.24) is 0 Å². The van der Waals surface area contributed by atoms with Crippen LogP contribution in [0.15, 0.2) is 53.9 Å². The van der Waals surface area contributed by atoms with Crippen LogP contribution in [-0.2, 0) is 0 Å². The lowest BCUT2D eigenvalue weighted by Crippen LogP contribution is -2.13. The third-order valence-corrected chi connectivity index (χ3v) is 3.81. The Hall–Kier alpha value is -2.88. The Morgan fingerprint density at radius 3 is 2.10 bits per heavy atom. The number of Topliss-reactive ketones (excluding diaryl/α,β-unsaturated/α-hetero) is 2. The number of para-hydroxylation sites is 1. The molecular formula is C17H12N2O2. The van der Waals surface area contributed by atoms with Gasteiger partial charge in [-0.3, -0.25) is 9.59 Å². The van der Waals surface area contributed by atoms with Crippen molar-refractivity contribution < 1.29 is 9.59 Å². The molecule has 2 aromatic carbocycles. The van der Waals surface area contributed by atoms with Crippen LogP contribution in [0.2, 0.25) is 0 Å². The third-order valence-electron chi connectivity index (χ3n) is 3.81. The molecule has 2 aliphatic rings. The quantitative estimate of drug-likeness (QED) is 0.726. The topological polar surface area (TPSA) is 58.2 Å². The predicted octanol–water partition coefficient (Wildman–Crippen LogP) is 3.12. The van der Waals surface area contributed by atoms with Crippen LogP contribution in [0, 0.1) is 6.92 Å². The molecular weight excluding hydrogens is 264 g/mol. The predicted molar refractivity (Wildman–Crippen MR) is 80.6 cm³/mol. The Labute approximate surface area is 121 Å². The lowest BCUT2D eigenvalue weighted by atomic mass is 10.1. The van der Waals surface area contributed by atoms with E-state index in [1.54, 1.807) is 12.1 Å². The Morgan fingerprint density at radius 2 is 1.38 bits per heavy atom. The number of hydrogen-bond donors (Lipinski definition) is 2. The molecule has 4 heteroatoms. The summed E-state index contributed by atoms with van der Waals surface area (Å²) in [6.07, 6.45) is 0. The van der Waals surface area contributed by atoms with Gasteiger partial charge in [0.2, 0.25) is 11.6 Å². The number of aryl methyl sites for hydroxylation is 1. The summed E-state index contributed by atoms with van der Waals surface area (Å²) in [5, 5.41) is 6.13. The highest BCUT2D eigenvalue weighted by molar-refractivity contribution is 6.27. The molecule has 0 radical (unpaired) electrons. The maximum Gasteiger partial charge on any atom is 0.213 e. The lowest BCUT2D eigenvalue weighted by Gasteiger charge is -2.03. The second-order valence-electron chi connectivity index (χ2n) is 5.25. The minimum atomic E-state index is -0.147. The molecule has 2 aliphatic heterocycles. The molecule has 2 aromatic rings. The number of benzene rings is 2. The van der Waals surface area contributed by atoms with Crippen LogP contribution in [0.4, 0.5) is 11.4 Å². The maximum absolute atomic E-state index is 12.5. The second-order valence-corrected chi connectivity index (χ2v) is 5.25. The first-order valence-corrected chi connectivity index (χ1v) is 6.72. The molecule has 0 fully saturated rings. The van der Waals surface area contributed by atoms with Crippen LogP contribution in [-0.4, -0.2) is 11.6 Å². The van der Waals surface area contributed by atoms with Gasteiger partial charge in [0.25, 0.3) is 0 Å². The minimum absolute atomic E-state index is 0.145. The summed E-state index contributed by atoms with van der Waals surface area (Å²) < 4.78 is 0. The van der Waals surface area contributed by atoms with E-state index in [1.165, 1.54) is 0 Å². The van der Waals surface area contributed by atoms with Gasteiger partial charge >= 0.3 is 0 Å². The Kier molecular flexibility index (Phi) is 2.30. The first-order chi connectivity index (χ1) is 10.1. The van der Waals surface area contributed by atoms with Crippen LogP contribution in [0.5, 0.6) is 0 Å². The number of carbonyl (C=O) groups excluding carboxylic acids is 2. The SMILES string of the molecule is Cc1ccc2c(c1)N/C(=C1/Nc3ccccc3C1=O)C2=O. The van der Waals surface area contributed by atoms with Crippen molar-refractivity contribution in [3.63, 3.8) is 0 Å². The van der Waals surface area contributed by atoms with Crippen molar-refractivity contribution in [1.29, 1.82) is 0 Å². The summed E-state index contributed by atoms with van der Waals surface area (Å²) in [6.45, 7) is 1.96. The fraction of sp³-hybridized carbons (Fsp3) is 0.0588. The van der Waals surface area contributed by atoms with E-state index in [2.05, 4.69) is 10.6 Å². The molecule has 4 rings (SSSR count). The number of allylic oxidation sites excluding steroid dienone is 2. The number of fused-ring (bicyclic) bond motifs is 2. The van der Waals surface area contributed by atoms with Crippen molar-refractivity contribution in [2.24, 2.45) is 0 Å². The molecule has 21 heavy (non-hydrogen) atoms. The van der Waals surface area contributed by atoms with E-state index in [1.807, 2.05) is 37.3 Å². The van der Waals surface area contributed by atoms with E-state index in [4.69, 9.17) is 0 Å². The summed E-state index contributed by atoms with van der Waals surface area (Å²) in [5.74, 6) is -0.292. The normalized spacial score (nSPS) is 19.1. The third kappa shape index (κ3) is 1.62. The molecule has 0 unspecified atom stereocenters. The molecule has 0 saturated carbocycles. The van der Waals surface area contributed by atoms with Crippen LogP contribution >= 0.6 is 0 Å². The van der Waals surface area contributed by atoms with Gasteiger partial charge in [0.15, 0.2) is 0 Å². The number of nitrogens with one attached hydrogen (secondary N) is 2. The summed E-state index contributed by atoms with van der Waals surface area (Å²) in [4.78, 5) is 24.9.